The zero-order valence-corrected chi connectivity index (χ0v) is 13.6. The molecule has 2 aliphatic carbocycles. The number of carboxylic acids is 1. The lowest BCUT2D eigenvalue weighted by atomic mass is 9.72. The molecule has 5 nitrogen and oxygen atoms in total. The number of carboxylic acid groups (broad SMARTS) is 1. The van der Waals surface area contributed by atoms with Gasteiger partial charge >= 0.3 is 12.1 Å². The molecule has 0 radical (unpaired) electrons. The highest BCUT2D eigenvalue weighted by Gasteiger charge is 2.40. The van der Waals surface area contributed by atoms with Crippen LogP contribution in [-0.4, -0.2) is 29.3 Å². The SMILES string of the molecule is CC(C)(C)OC(=O)NCC1(C(=O)O)C=CC2=C(CCCC2)C1. The molecule has 1 amide bonds. The zero-order chi connectivity index (χ0) is 16.4. The number of ether oxygens (including phenoxy) is 1. The summed E-state index contributed by atoms with van der Waals surface area (Å²) in [7, 11) is 0. The van der Waals surface area contributed by atoms with E-state index < -0.39 is 23.1 Å². The minimum absolute atomic E-state index is 0.0462. The Bertz CT molecular complexity index is 527. The first-order chi connectivity index (χ1) is 10.2. The lowest BCUT2D eigenvalue weighted by molar-refractivity contribution is -0.145. The summed E-state index contributed by atoms with van der Waals surface area (Å²) in [6.45, 7) is 5.38. The fourth-order valence-corrected chi connectivity index (χ4v) is 2.98. The van der Waals surface area contributed by atoms with Crippen molar-refractivity contribution in [1.82, 2.24) is 5.32 Å². The van der Waals surface area contributed by atoms with Crippen molar-refractivity contribution in [2.75, 3.05) is 6.54 Å². The van der Waals surface area contributed by atoms with Gasteiger partial charge in [-0.15, -0.1) is 0 Å². The molecule has 2 rings (SSSR count). The van der Waals surface area contributed by atoms with E-state index in [0.29, 0.717) is 6.42 Å². The van der Waals surface area contributed by atoms with Crippen molar-refractivity contribution in [2.45, 2.75) is 58.5 Å². The van der Waals surface area contributed by atoms with Crippen molar-refractivity contribution in [1.29, 1.82) is 0 Å². The Hall–Kier alpha value is -1.78. The molecule has 0 saturated heterocycles. The van der Waals surface area contributed by atoms with Gasteiger partial charge in [0.15, 0.2) is 0 Å². The fraction of sp³-hybridized carbons (Fsp3) is 0.647. The lowest BCUT2D eigenvalue weighted by Gasteiger charge is -2.33. The highest BCUT2D eigenvalue weighted by atomic mass is 16.6. The van der Waals surface area contributed by atoms with Crippen molar-refractivity contribution >= 4 is 12.1 Å². The highest BCUT2D eigenvalue weighted by Crippen LogP contribution is 2.40. The maximum atomic E-state index is 11.8. The molecule has 0 aromatic rings. The second kappa shape index (κ2) is 6.15. The highest BCUT2D eigenvalue weighted by molar-refractivity contribution is 5.80. The van der Waals surface area contributed by atoms with E-state index in [1.165, 1.54) is 17.6 Å². The van der Waals surface area contributed by atoms with E-state index in [2.05, 4.69) is 5.32 Å². The van der Waals surface area contributed by atoms with E-state index in [0.717, 1.165) is 19.3 Å². The first kappa shape index (κ1) is 16.6. The van der Waals surface area contributed by atoms with Crippen LogP contribution in [0.1, 0.15) is 52.9 Å². The third-order valence-electron chi connectivity index (χ3n) is 4.13. The summed E-state index contributed by atoms with van der Waals surface area (Å²) in [5.41, 5.74) is 0.845. The Morgan fingerprint density at radius 1 is 1.32 bits per heavy atom. The number of carbonyl (C=O) groups is 2. The van der Waals surface area contributed by atoms with Gasteiger partial charge in [0.05, 0.1) is 0 Å². The Morgan fingerprint density at radius 2 is 2.00 bits per heavy atom. The number of amides is 1. The summed E-state index contributed by atoms with van der Waals surface area (Å²) in [6.07, 6.45) is 7.83. The number of carbonyl (C=O) groups excluding carboxylic acids is 1. The van der Waals surface area contributed by atoms with Crippen LogP contribution in [0.4, 0.5) is 4.79 Å². The van der Waals surface area contributed by atoms with Gasteiger partial charge in [0.1, 0.15) is 11.0 Å². The third kappa shape index (κ3) is 3.90. The van der Waals surface area contributed by atoms with Crippen LogP contribution in [0.3, 0.4) is 0 Å². The molecule has 0 spiro atoms. The number of aliphatic carboxylic acids is 1. The maximum Gasteiger partial charge on any atom is 0.407 e. The molecule has 0 heterocycles. The molecule has 0 saturated carbocycles. The van der Waals surface area contributed by atoms with Gasteiger partial charge in [-0.2, -0.15) is 0 Å². The Balaban J connectivity index is 2.05. The van der Waals surface area contributed by atoms with Gasteiger partial charge in [0, 0.05) is 6.54 Å². The molecule has 122 valence electrons. The molecule has 0 fully saturated rings. The van der Waals surface area contributed by atoms with Crippen LogP contribution in [0.2, 0.25) is 0 Å². The van der Waals surface area contributed by atoms with Gasteiger partial charge in [-0.3, -0.25) is 4.79 Å². The minimum Gasteiger partial charge on any atom is -0.481 e. The maximum absolute atomic E-state index is 11.8. The summed E-state index contributed by atoms with van der Waals surface area (Å²) in [5.74, 6) is -0.906. The fourth-order valence-electron chi connectivity index (χ4n) is 2.98. The van der Waals surface area contributed by atoms with Crippen molar-refractivity contribution in [3.8, 4) is 0 Å². The zero-order valence-electron chi connectivity index (χ0n) is 13.6. The van der Waals surface area contributed by atoms with Gasteiger partial charge < -0.3 is 15.2 Å². The molecular formula is C17H25NO4. The van der Waals surface area contributed by atoms with Crippen LogP contribution in [0.25, 0.3) is 0 Å². The predicted octanol–water partition coefficient (Wildman–Crippen LogP) is 3.41. The molecule has 1 unspecified atom stereocenters. The number of allylic oxidation sites excluding steroid dienone is 3. The van der Waals surface area contributed by atoms with Gasteiger partial charge in [-0.1, -0.05) is 17.7 Å². The van der Waals surface area contributed by atoms with E-state index in [1.54, 1.807) is 26.8 Å². The smallest absolute Gasteiger partial charge is 0.407 e. The van der Waals surface area contributed by atoms with E-state index in [1.807, 2.05) is 6.08 Å². The standard InChI is InChI=1S/C17H25NO4/c1-16(2,3)22-15(21)18-11-17(14(19)20)9-8-12-6-4-5-7-13(12)10-17/h8-9H,4-7,10-11H2,1-3H3,(H,18,21)(H,19,20). The molecule has 22 heavy (non-hydrogen) atoms. The number of nitrogens with one attached hydrogen (secondary N) is 1. The van der Waals surface area contributed by atoms with Crippen molar-refractivity contribution in [3.63, 3.8) is 0 Å². The predicted molar refractivity (Wildman–Crippen MR) is 83.6 cm³/mol. The normalized spacial score (nSPS) is 24.7. The summed E-state index contributed by atoms with van der Waals surface area (Å²) in [4.78, 5) is 23.6. The van der Waals surface area contributed by atoms with Gasteiger partial charge in [-0.05, 0) is 58.4 Å². The van der Waals surface area contributed by atoms with Crippen LogP contribution >= 0.6 is 0 Å². The lowest BCUT2D eigenvalue weighted by Crippen LogP contribution is -2.44. The molecule has 0 bridgehead atoms. The second-order valence-corrected chi connectivity index (χ2v) is 7.16. The van der Waals surface area contributed by atoms with Crippen LogP contribution < -0.4 is 5.32 Å². The second-order valence-electron chi connectivity index (χ2n) is 7.16. The van der Waals surface area contributed by atoms with Crippen molar-refractivity contribution in [3.05, 3.63) is 23.3 Å². The Morgan fingerprint density at radius 3 is 2.64 bits per heavy atom. The molecule has 0 aliphatic heterocycles. The van der Waals surface area contributed by atoms with E-state index >= 15 is 0 Å². The minimum atomic E-state index is -1.06. The van der Waals surface area contributed by atoms with E-state index in [9.17, 15) is 14.7 Å². The van der Waals surface area contributed by atoms with Gasteiger partial charge in [0.25, 0.3) is 0 Å². The average molecular weight is 307 g/mol. The van der Waals surface area contributed by atoms with Crippen LogP contribution in [0, 0.1) is 5.41 Å². The number of hydrogen-bond acceptors (Lipinski definition) is 3. The Labute approximate surface area is 131 Å². The van der Waals surface area contributed by atoms with Gasteiger partial charge in [0.2, 0.25) is 0 Å². The molecule has 0 aromatic heterocycles. The molecule has 1 atom stereocenters. The molecular weight excluding hydrogens is 282 g/mol. The van der Waals surface area contributed by atoms with Crippen LogP contribution in [-0.2, 0) is 9.53 Å². The summed E-state index contributed by atoms with van der Waals surface area (Å²) < 4.78 is 5.18. The van der Waals surface area contributed by atoms with Crippen molar-refractivity contribution < 1.29 is 19.4 Å². The number of rotatable bonds is 3. The van der Waals surface area contributed by atoms with Gasteiger partial charge in [-0.25, -0.2) is 4.79 Å². The van der Waals surface area contributed by atoms with Crippen LogP contribution in [0.5, 0.6) is 0 Å². The largest absolute Gasteiger partial charge is 0.481 e. The molecule has 0 aromatic carbocycles. The quantitative estimate of drug-likeness (QED) is 0.837. The van der Waals surface area contributed by atoms with E-state index in [4.69, 9.17) is 4.74 Å². The Kier molecular flexibility index (Phi) is 4.63. The summed E-state index contributed by atoms with van der Waals surface area (Å²) in [5, 5.41) is 12.3. The first-order valence-electron chi connectivity index (χ1n) is 7.82. The third-order valence-corrected chi connectivity index (χ3v) is 4.13. The van der Waals surface area contributed by atoms with E-state index in [-0.39, 0.29) is 6.54 Å². The summed E-state index contributed by atoms with van der Waals surface area (Å²) >= 11 is 0. The monoisotopic (exact) mass is 307 g/mol. The topological polar surface area (TPSA) is 75.6 Å². The molecule has 5 heteroatoms. The summed E-state index contributed by atoms with van der Waals surface area (Å²) in [6, 6.07) is 0. The van der Waals surface area contributed by atoms with Crippen LogP contribution in [0.15, 0.2) is 23.3 Å². The first-order valence-corrected chi connectivity index (χ1v) is 7.82. The average Bonchev–Trinajstić information content (AvgIpc) is 2.43. The van der Waals surface area contributed by atoms with Crippen molar-refractivity contribution in [2.24, 2.45) is 5.41 Å². The number of hydrogen-bond donors (Lipinski definition) is 2. The molecule has 2 N–H and O–H groups in total. The molecule has 2 aliphatic rings. The number of alkyl carbamates (subject to hydrolysis) is 1.